The van der Waals surface area contributed by atoms with Gasteiger partial charge in [0.2, 0.25) is 5.91 Å². The van der Waals surface area contributed by atoms with Crippen molar-refractivity contribution < 1.29 is 24.2 Å². The minimum absolute atomic E-state index is 0.0881. The highest BCUT2D eigenvalue weighted by atomic mass is 16.5. The Balaban J connectivity index is 1.83. The molecule has 0 bridgehead atoms. The molecule has 1 aromatic carbocycles. The molecule has 1 aliphatic rings. The maximum Gasteiger partial charge on any atom is 0.322 e. The number of amides is 2. The summed E-state index contributed by atoms with van der Waals surface area (Å²) < 4.78 is 5.50. The van der Waals surface area contributed by atoms with Crippen LogP contribution >= 0.6 is 0 Å². The van der Waals surface area contributed by atoms with Gasteiger partial charge >= 0.3 is 5.97 Å². The van der Waals surface area contributed by atoms with Crippen LogP contribution in [0.2, 0.25) is 0 Å². The molecule has 3 N–H and O–H groups in total. The Kier molecular flexibility index (Phi) is 5.70. The number of benzene rings is 1. The number of carbonyl (C=O) groups excluding carboxylic acids is 2. The fraction of sp³-hybridized carbons (Fsp3) is 0.438. The zero-order valence-electron chi connectivity index (χ0n) is 12.9. The topological polar surface area (TPSA) is 105 Å². The molecule has 2 amide bonds. The van der Waals surface area contributed by atoms with Crippen molar-refractivity contribution in [1.82, 2.24) is 5.32 Å². The summed E-state index contributed by atoms with van der Waals surface area (Å²) in [7, 11) is 0. The predicted octanol–water partition coefficient (Wildman–Crippen LogP) is 0.936. The molecule has 1 aliphatic heterocycles. The molecule has 1 fully saturated rings. The van der Waals surface area contributed by atoms with Gasteiger partial charge in [0.15, 0.2) is 0 Å². The number of hydrogen-bond donors (Lipinski definition) is 3. The maximum atomic E-state index is 12.0. The van der Waals surface area contributed by atoms with Crippen LogP contribution in [0.3, 0.4) is 0 Å². The smallest absolute Gasteiger partial charge is 0.322 e. The number of nitrogens with one attached hydrogen (secondary N) is 2. The minimum Gasteiger partial charge on any atom is -0.480 e. The lowest BCUT2D eigenvalue weighted by Gasteiger charge is -2.12. The van der Waals surface area contributed by atoms with Crippen molar-refractivity contribution in [3.05, 3.63) is 29.8 Å². The summed E-state index contributed by atoms with van der Waals surface area (Å²) in [6, 6.07) is 6.84. The van der Waals surface area contributed by atoms with Crippen LogP contribution in [0.25, 0.3) is 0 Å². The van der Waals surface area contributed by atoms with Gasteiger partial charge in [-0.1, -0.05) is 12.1 Å². The average Bonchev–Trinajstić information content (AvgIpc) is 2.94. The van der Waals surface area contributed by atoms with Gasteiger partial charge in [0.25, 0.3) is 5.91 Å². The normalized spacial score (nSPS) is 20.0. The first-order valence-electron chi connectivity index (χ1n) is 7.48. The van der Waals surface area contributed by atoms with E-state index in [1.807, 2.05) is 6.92 Å². The molecule has 0 spiro atoms. The number of carboxylic acids is 1. The maximum absolute atomic E-state index is 12.0. The molecule has 124 valence electrons. The Hall–Kier alpha value is -2.41. The lowest BCUT2D eigenvalue weighted by atomic mass is 10.1. The first-order chi connectivity index (χ1) is 10.9. The zero-order valence-corrected chi connectivity index (χ0v) is 12.9. The molecule has 23 heavy (non-hydrogen) atoms. The zero-order chi connectivity index (χ0) is 16.8. The van der Waals surface area contributed by atoms with Crippen LogP contribution in [0.15, 0.2) is 24.3 Å². The summed E-state index contributed by atoms with van der Waals surface area (Å²) in [6.07, 6.45) is 1.38. The summed E-state index contributed by atoms with van der Waals surface area (Å²) in [5.74, 6) is -1.61. The summed E-state index contributed by atoms with van der Waals surface area (Å²) in [5.41, 5.74) is 1.37. The average molecular weight is 320 g/mol. The molecule has 7 heteroatoms. The van der Waals surface area contributed by atoms with Crippen molar-refractivity contribution in [3.63, 3.8) is 0 Å². The van der Waals surface area contributed by atoms with E-state index in [-0.39, 0.29) is 24.3 Å². The number of carbonyl (C=O) groups is 3. The van der Waals surface area contributed by atoms with Gasteiger partial charge < -0.3 is 20.5 Å². The van der Waals surface area contributed by atoms with Gasteiger partial charge in [-0.15, -0.1) is 0 Å². The van der Waals surface area contributed by atoms with E-state index < -0.39 is 18.6 Å². The standard InChI is InChI=1S/C16H20N2O5/c1-10-2-7-13(23-10)16(22)18-12-5-3-11(4-6-12)8-14(19)17-9-15(20)21/h3-6,10,13H,2,7-9H2,1H3,(H,17,19)(H,18,22)(H,20,21). The lowest BCUT2D eigenvalue weighted by molar-refractivity contribution is -0.137. The monoisotopic (exact) mass is 320 g/mol. The highest BCUT2D eigenvalue weighted by molar-refractivity contribution is 5.94. The van der Waals surface area contributed by atoms with Crippen LogP contribution in [-0.4, -0.2) is 41.6 Å². The van der Waals surface area contributed by atoms with Crippen LogP contribution in [-0.2, 0) is 25.5 Å². The molecule has 0 aliphatic carbocycles. The van der Waals surface area contributed by atoms with E-state index in [4.69, 9.17) is 9.84 Å². The highest BCUT2D eigenvalue weighted by Crippen LogP contribution is 2.20. The Morgan fingerprint density at radius 3 is 2.48 bits per heavy atom. The van der Waals surface area contributed by atoms with Crippen molar-refractivity contribution in [2.45, 2.75) is 38.4 Å². The molecule has 2 unspecified atom stereocenters. The van der Waals surface area contributed by atoms with E-state index in [1.165, 1.54) is 0 Å². The highest BCUT2D eigenvalue weighted by Gasteiger charge is 2.28. The molecule has 0 saturated carbocycles. The number of aliphatic carboxylic acids is 1. The van der Waals surface area contributed by atoms with Crippen LogP contribution in [0.4, 0.5) is 5.69 Å². The Labute approximate surface area is 134 Å². The summed E-state index contributed by atoms with van der Waals surface area (Å²) in [5, 5.41) is 13.6. The number of rotatable bonds is 6. The van der Waals surface area contributed by atoms with Gasteiger partial charge in [-0.2, -0.15) is 0 Å². The SMILES string of the molecule is CC1CCC(C(=O)Nc2ccc(CC(=O)NCC(=O)O)cc2)O1. The lowest BCUT2D eigenvalue weighted by Crippen LogP contribution is -2.30. The second kappa shape index (κ2) is 7.73. The predicted molar refractivity (Wildman–Crippen MR) is 83.0 cm³/mol. The van der Waals surface area contributed by atoms with Gasteiger partial charge in [-0.3, -0.25) is 14.4 Å². The van der Waals surface area contributed by atoms with Gasteiger partial charge in [-0.25, -0.2) is 0 Å². The molecule has 1 heterocycles. The van der Waals surface area contributed by atoms with Crippen molar-refractivity contribution >= 4 is 23.5 Å². The molecular formula is C16H20N2O5. The Morgan fingerprint density at radius 2 is 1.91 bits per heavy atom. The van der Waals surface area contributed by atoms with Crippen LogP contribution in [0.1, 0.15) is 25.3 Å². The Morgan fingerprint density at radius 1 is 1.22 bits per heavy atom. The quantitative estimate of drug-likeness (QED) is 0.723. The molecule has 0 radical (unpaired) electrons. The van der Waals surface area contributed by atoms with Gasteiger partial charge in [0.1, 0.15) is 12.6 Å². The third kappa shape index (κ3) is 5.37. The van der Waals surface area contributed by atoms with Crippen molar-refractivity contribution in [2.75, 3.05) is 11.9 Å². The molecule has 1 saturated heterocycles. The third-order valence-corrected chi connectivity index (χ3v) is 3.55. The van der Waals surface area contributed by atoms with E-state index in [0.717, 1.165) is 18.4 Å². The van der Waals surface area contributed by atoms with Crippen molar-refractivity contribution in [3.8, 4) is 0 Å². The summed E-state index contributed by atoms with van der Waals surface area (Å²) >= 11 is 0. The van der Waals surface area contributed by atoms with Gasteiger partial charge in [0.05, 0.1) is 12.5 Å². The fourth-order valence-corrected chi connectivity index (χ4v) is 2.35. The number of anilines is 1. The van der Waals surface area contributed by atoms with E-state index >= 15 is 0 Å². The Bertz CT molecular complexity index is 585. The molecule has 2 atom stereocenters. The van der Waals surface area contributed by atoms with E-state index in [1.54, 1.807) is 24.3 Å². The van der Waals surface area contributed by atoms with Crippen LogP contribution in [0.5, 0.6) is 0 Å². The minimum atomic E-state index is -1.08. The fourth-order valence-electron chi connectivity index (χ4n) is 2.35. The van der Waals surface area contributed by atoms with Crippen LogP contribution in [0, 0.1) is 0 Å². The van der Waals surface area contributed by atoms with Crippen molar-refractivity contribution in [2.24, 2.45) is 0 Å². The van der Waals surface area contributed by atoms with E-state index in [9.17, 15) is 14.4 Å². The van der Waals surface area contributed by atoms with Crippen LogP contribution < -0.4 is 10.6 Å². The first kappa shape index (κ1) is 17.0. The number of carboxylic acid groups (broad SMARTS) is 1. The van der Waals surface area contributed by atoms with Gasteiger partial charge in [0, 0.05) is 5.69 Å². The largest absolute Gasteiger partial charge is 0.480 e. The molecule has 1 aromatic rings. The molecule has 0 aromatic heterocycles. The molecule has 2 rings (SSSR count). The first-order valence-corrected chi connectivity index (χ1v) is 7.48. The molecule has 7 nitrogen and oxygen atoms in total. The third-order valence-electron chi connectivity index (χ3n) is 3.55. The number of hydrogen-bond acceptors (Lipinski definition) is 4. The van der Waals surface area contributed by atoms with E-state index in [0.29, 0.717) is 5.69 Å². The van der Waals surface area contributed by atoms with E-state index in [2.05, 4.69) is 10.6 Å². The number of ether oxygens (including phenoxy) is 1. The molecular weight excluding hydrogens is 300 g/mol. The van der Waals surface area contributed by atoms with Gasteiger partial charge in [-0.05, 0) is 37.5 Å². The summed E-state index contributed by atoms with van der Waals surface area (Å²) in [4.78, 5) is 33.9. The van der Waals surface area contributed by atoms with Crippen molar-refractivity contribution in [1.29, 1.82) is 0 Å². The second-order valence-corrected chi connectivity index (χ2v) is 5.55. The summed E-state index contributed by atoms with van der Waals surface area (Å²) in [6.45, 7) is 1.55. The second-order valence-electron chi connectivity index (χ2n) is 5.55.